The van der Waals surface area contributed by atoms with E-state index in [9.17, 15) is 9.59 Å². The first-order valence-corrected chi connectivity index (χ1v) is 11.2. The number of carbonyl (C=O) groups excluding carboxylic acids is 2. The van der Waals surface area contributed by atoms with Crippen LogP contribution in [0.25, 0.3) is 11.3 Å². The zero-order valence-corrected chi connectivity index (χ0v) is 21.0. The van der Waals surface area contributed by atoms with Crippen molar-refractivity contribution in [3.63, 3.8) is 0 Å². The van der Waals surface area contributed by atoms with E-state index in [4.69, 9.17) is 44.3 Å². The fourth-order valence-electron chi connectivity index (χ4n) is 2.14. The van der Waals surface area contributed by atoms with Gasteiger partial charge in [-0.25, -0.2) is 14.1 Å². The molecule has 176 valence electrons. The first-order valence-electron chi connectivity index (χ1n) is 9.06. The predicted molar refractivity (Wildman–Crippen MR) is 123 cm³/mol. The summed E-state index contributed by atoms with van der Waals surface area (Å²) in [6.45, 7) is 4.18. The smallest absolute Gasteiger partial charge is 0.339 e. The number of alkyl halides is 3. The average molecular weight is 583 g/mol. The topological polar surface area (TPSA) is 139 Å². The fourth-order valence-corrected chi connectivity index (χ4v) is 2.49. The second-order valence-electron chi connectivity index (χ2n) is 5.55. The third kappa shape index (κ3) is 8.03. The van der Waals surface area contributed by atoms with Gasteiger partial charge in [-0.2, -0.15) is 14.7 Å². The summed E-state index contributed by atoms with van der Waals surface area (Å²) in [5, 5.41) is 22.9. The van der Waals surface area contributed by atoms with E-state index in [1.165, 1.54) is 27.8 Å². The molecule has 0 fully saturated rings. The molecule has 12 nitrogen and oxygen atoms in total. The molecule has 4 heterocycles. The average Bonchev–Trinajstić information content (AvgIpc) is 3.40. The molecule has 33 heavy (non-hydrogen) atoms. The van der Waals surface area contributed by atoms with E-state index in [0.29, 0.717) is 40.4 Å². The Bertz CT molecular complexity index is 1220. The van der Waals surface area contributed by atoms with Gasteiger partial charge in [0.05, 0.1) is 36.7 Å². The van der Waals surface area contributed by atoms with Crippen LogP contribution in [-0.4, -0.2) is 69.1 Å². The Kier molecular flexibility index (Phi) is 10.6. The van der Waals surface area contributed by atoms with Gasteiger partial charge in [0, 0.05) is 12.1 Å². The molecular weight excluding hydrogens is 567 g/mol. The molecule has 0 spiro atoms. The normalized spacial score (nSPS) is 10.3. The van der Waals surface area contributed by atoms with Crippen molar-refractivity contribution in [1.29, 1.82) is 0 Å². The maximum atomic E-state index is 11.4. The summed E-state index contributed by atoms with van der Waals surface area (Å²) < 4.78 is 12.3. The first-order chi connectivity index (χ1) is 15.8. The highest BCUT2D eigenvalue weighted by atomic mass is 79.9. The molecule has 16 heteroatoms. The van der Waals surface area contributed by atoms with E-state index in [1.807, 2.05) is 0 Å². The van der Waals surface area contributed by atoms with Crippen molar-refractivity contribution in [3.05, 3.63) is 46.7 Å². The molecule has 0 amide bonds. The maximum Gasteiger partial charge on any atom is 0.339 e. The molecule has 0 unspecified atom stereocenters. The van der Waals surface area contributed by atoms with Gasteiger partial charge >= 0.3 is 11.9 Å². The minimum Gasteiger partial charge on any atom is -0.462 e. The SMILES string of the molecule is CCOC(=O)c1cnn2c(Br)nnc2c1.CCOC(=O)c1cnn2cnnc2c1.ClC(Cl)Cl. The van der Waals surface area contributed by atoms with E-state index in [2.05, 4.69) is 46.5 Å². The second-order valence-corrected chi connectivity index (χ2v) is 8.24. The summed E-state index contributed by atoms with van der Waals surface area (Å²) in [5.41, 5.74) is 1.76. The van der Waals surface area contributed by atoms with Gasteiger partial charge < -0.3 is 9.47 Å². The van der Waals surface area contributed by atoms with Gasteiger partial charge in [0.1, 0.15) is 6.33 Å². The predicted octanol–water partition coefficient (Wildman–Crippen LogP) is 3.35. The van der Waals surface area contributed by atoms with Gasteiger partial charge in [-0.1, -0.05) is 34.8 Å². The minimum absolute atomic E-state index is 0.334. The van der Waals surface area contributed by atoms with Crippen molar-refractivity contribution in [3.8, 4) is 0 Å². The van der Waals surface area contributed by atoms with Gasteiger partial charge in [-0.05, 0) is 29.8 Å². The molecule has 0 aliphatic rings. The number of halogens is 4. The number of ether oxygens (including phenoxy) is 2. The Labute approximate surface area is 210 Å². The summed E-state index contributed by atoms with van der Waals surface area (Å²) in [6.07, 6.45) is 4.30. The quantitative estimate of drug-likeness (QED) is 0.260. The van der Waals surface area contributed by atoms with Crippen LogP contribution >= 0.6 is 50.7 Å². The Balaban J connectivity index is 0.000000202. The van der Waals surface area contributed by atoms with Crippen LogP contribution < -0.4 is 0 Å². The van der Waals surface area contributed by atoms with Gasteiger partial charge in [-0.3, -0.25) is 0 Å². The third-order valence-corrected chi connectivity index (χ3v) is 3.90. The number of rotatable bonds is 4. The number of esters is 2. The van der Waals surface area contributed by atoms with Crippen LogP contribution in [0.5, 0.6) is 0 Å². The zero-order chi connectivity index (χ0) is 24.4. The van der Waals surface area contributed by atoms with Crippen molar-refractivity contribution >= 4 is 74.0 Å². The van der Waals surface area contributed by atoms with Gasteiger partial charge in [0.25, 0.3) is 0 Å². The van der Waals surface area contributed by atoms with Crippen LogP contribution in [0.3, 0.4) is 0 Å². The van der Waals surface area contributed by atoms with E-state index in [0.717, 1.165) is 0 Å². The molecule has 0 aliphatic carbocycles. The van der Waals surface area contributed by atoms with Crippen LogP contribution in [0, 0.1) is 0 Å². The molecule has 0 atom stereocenters. The molecule has 4 aromatic heterocycles. The highest BCUT2D eigenvalue weighted by Gasteiger charge is 2.11. The van der Waals surface area contributed by atoms with Crippen molar-refractivity contribution < 1.29 is 19.1 Å². The molecule has 0 N–H and O–H groups in total. The number of hydrogen-bond acceptors (Lipinski definition) is 10. The van der Waals surface area contributed by atoms with E-state index < -0.39 is 16.2 Å². The summed E-state index contributed by atoms with van der Waals surface area (Å²) in [4.78, 5) is 22.7. The Morgan fingerprint density at radius 3 is 2.06 bits per heavy atom. The Morgan fingerprint density at radius 1 is 0.939 bits per heavy atom. The molecule has 0 aromatic carbocycles. The first kappa shape index (κ1) is 26.6. The van der Waals surface area contributed by atoms with Gasteiger partial charge in [-0.15, -0.1) is 20.4 Å². The number of carbonyl (C=O) groups is 2. The highest BCUT2D eigenvalue weighted by Crippen LogP contribution is 2.10. The summed E-state index contributed by atoms with van der Waals surface area (Å²) >= 11 is 17.6. The number of fused-ring (bicyclic) bond motifs is 2. The molecule has 0 saturated heterocycles. The van der Waals surface area contributed by atoms with Crippen LogP contribution in [0.1, 0.15) is 34.6 Å². The maximum absolute atomic E-state index is 11.4. The second kappa shape index (κ2) is 13.2. The van der Waals surface area contributed by atoms with Crippen molar-refractivity contribution in [2.45, 2.75) is 18.1 Å². The van der Waals surface area contributed by atoms with Crippen molar-refractivity contribution in [1.82, 2.24) is 39.6 Å². The largest absolute Gasteiger partial charge is 0.462 e. The number of nitrogens with zero attached hydrogens (tertiary/aromatic N) is 8. The molecule has 0 bridgehead atoms. The van der Waals surface area contributed by atoms with Crippen LogP contribution in [0.2, 0.25) is 0 Å². The molecule has 0 saturated carbocycles. The van der Waals surface area contributed by atoms with Crippen LogP contribution in [-0.2, 0) is 9.47 Å². The van der Waals surface area contributed by atoms with Crippen LogP contribution in [0.15, 0.2) is 35.6 Å². The van der Waals surface area contributed by atoms with E-state index in [-0.39, 0.29) is 0 Å². The fraction of sp³-hybridized carbons (Fsp3) is 0.294. The highest BCUT2D eigenvalue weighted by molar-refractivity contribution is 9.10. The molecule has 4 rings (SSSR count). The Hall–Kier alpha value is -2.61. The zero-order valence-electron chi connectivity index (χ0n) is 17.1. The third-order valence-electron chi connectivity index (χ3n) is 3.41. The summed E-state index contributed by atoms with van der Waals surface area (Å²) in [6, 6.07) is 3.15. The minimum atomic E-state index is -0.750. The van der Waals surface area contributed by atoms with E-state index >= 15 is 0 Å². The van der Waals surface area contributed by atoms with E-state index in [1.54, 1.807) is 26.0 Å². The number of hydrogen-bond donors (Lipinski definition) is 0. The lowest BCUT2D eigenvalue weighted by molar-refractivity contribution is 0.0516. The lowest BCUT2D eigenvalue weighted by atomic mass is 10.3. The van der Waals surface area contributed by atoms with Crippen molar-refractivity contribution in [2.24, 2.45) is 0 Å². The summed E-state index contributed by atoms with van der Waals surface area (Å²) in [5.74, 6) is -0.808. The standard InChI is InChI=1S/C8H7BrN4O2.C8H8N4O2.CHCl3/c1-2-15-7(14)5-3-6-11-12-8(9)13(6)10-4-5;1-2-14-8(13)6-3-7-11-9-5-12(7)10-4-6;2-1(3)4/h3-4H,2H2,1H3;3-5H,2H2,1H3;1H. The van der Waals surface area contributed by atoms with Gasteiger partial charge in [0.15, 0.2) is 15.6 Å². The summed E-state index contributed by atoms with van der Waals surface area (Å²) in [7, 11) is 0. The Morgan fingerprint density at radius 2 is 1.48 bits per heavy atom. The monoisotopic (exact) mass is 580 g/mol. The van der Waals surface area contributed by atoms with Crippen LogP contribution in [0.4, 0.5) is 0 Å². The van der Waals surface area contributed by atoms with Crippen molar-refractivity contribution in [2.75, 3.05) is 13.2 Å². The molecule has 0 radical (unpaired) electrons. The molecule has 0 aliphatic heterocycles. The van der Waals surface area contributed by atoms with Gasteiger partial charge in [0.2, 0.25) is 4.73 Å². The molecular formula is C17H16BrCl3N8O4. The lowest BCUT2D eigenvalue weighted by Gasteiger charge is -2.00. The number of aromatic nitrogens is 8. The molecule has 4 aromatic rings. The lowest BCUT2D eigenvalue weighted by Crippen LogP contribution is -2.06.